The first-order chi connectivity index (χ1) is 4.74. The fraction of sp³-hybridized carbons (Fsp3) is 0.143. The Kier molecular flexibility index (Phi) is 2.51. The number of rotatable bonds is 1. The van der Waals surface area contributed by atoms with Gasteiger partial charge in [0.15, 0.2) is 0 Å². The third-order valence-corrected chi connectivity index (χ3v) is 2.41. The molecule has 0 N–H and O–H groups in total. The lowest BCUT2D eigenvalue weighted by molar-refractivity contribution is 0.414. The Balaban J connectivity index is 3.04. The highest BCUT2D eigenvalue weighted by molar-refractivity contribution is 9.10. The van der Waals surface area contributed by atoms with Crippen LogP contribution in [0.1, 0.15) is 0 Å². The number of halogens is 1. The molecule has 1 nitrogen and oxygen atoms in total. The normalized spacial score (nSPS) is 9.40. The van der Waals surface area contributed by atoms with Gasteiger partial charge in [0, 0.05) is 4.47 Å². The van der Waals surface area contributed by atoms with Crippen molar-refractivity contribution >= 4 is 28.6 Å². The molecule has 0 amide bonds. The van der Waals surface area contributed by atoms with Crippen molar-refractivity contribution in [1.82, 2.24) is 0 Å². The average Bonchev–Trinajstić information content (AvgIpc) is 1.95. The molecule has 0 bridgehead atoms. The van der Waals surface area contributed by atoms with E-state index in [1.54, 1.807) is 7.11 Å². The van der Waals surface area contributed by atoms with Gasteiger partial charge < -0.3 is 4.74 Å². The van der Waals surface area contributed by atoms with E-state index in [1.807, 2.05) is 18.2 Å². The maximum absolute atomic E-state index is 4.97. The molecule has 0 aliphatic heterocycles. The van der Waals surface area contributed by atoms with E-state index in [9.17, 15) is 0 Å². The van der Waals surface area contributed by atoms with E-state index < -0.39 is 0 Å². The van der Waals surface area contributed by atoms with Crippen LogP contribution in [0.3, 0.4) is 0 Å². The Labute approximate surface area is 73.9 Å². The van der Waals surface area contributed by atoms with Gasteiger partial charge in [-0.15, -0.1) is 0 Å². The number of ether oxygens (including phenoxy) is 1. The minimum atomic E-state index is 0.806. The van der Waals surface area contributed by atoms with Gasteiger partial charge >= 0.3 is 0 Å². The zero-order chi connectivity index (χ0) is 7.56. The molecule has 1 radical (unpaired) electrons. The molecule has 10 heavy (non-hydrogen) atoms. The minimum absolute atomic E-state index is 0.806. The maximum Gasteiger partial charge on any atom is 0.120 e. The van der Waals surface area contributed by atoms with Crippen LogP contribution in [0, 0.1) is 0 Å². The third kappa shape index (κ3) is 1.61. The van der Waals surface area contributed by atoms with Crippen LogP contribution < -0.4 is 4.74 Å². The van der Waals surface area contributed by atoms with Gasteiger partial charge in [0.2, 0.25) is 0 Å². The molecule has 0 saturated carbocycles. The van der Waals surface area contributed by atoms with Gasteiger partial charge in [0.05, 0.1) is 12.0 Å². The summed E-state index contributed by atoms with van der Waals surface area (Å²) < 4.78 is 5.88. The first-order valence-corrected chi connectivity index (χ1v) is 3.94. The van der Waals surface area contributed by atoms with E-state index in [2.05, 4.69) is 15.9 Å². The zero-order valence-corrected chi connectivity index (χ0v) is 7.83. The number of hydrogen-bond donors (Lipinski definition) is 0. The molecule has 53 valence electrons. The number of benzene rings is 1. The van der Waals surface area contributed by atoms with Crippen LogP contribution in [0.15, 0.2) is 27.6 Å². The molecule has 0 atom stereocenters. The van der Waals surface area contributed by atoms with Crippen LogP contribution in [0.2, 0.25) is 0 Å². The van der Waals surface area contributed by atoms with Crippen LogP contribution in [-0.2, 0) is 0 Å². The molecule has 0 aliphatic carbocycles. The Morgan fingerprint density at radius 1 is 1.50 bits per heavy atom. The second kappa shape index (κ2) is 3.21. The molecular weight excluding hydrogens is 212 g/mol. The monoisotopic (exact) mass is 217 g/mol. The molecule has 0 fully saturated rings. The fourth-order valence-electron chi connectivity index (χ4n) is 0.609. The smallest absolute Gasteiger partial charge is 0.120 e. The Hall–Kier alpha value is -0.280. The van der Waals surface area contributed by atoms with Crippen LogP contribution in [0.25, 0.3) is 0 Å². The molecule has 0 unspecified atom stereocenters. The van der Waals surface area contributed by atoms with Crippen LogP contribution in [0.4, 0.5) is 0 Å². The molecular formula is C7H6BrOS. The predicted molar refractivity (Wildman–Crippen MR) is 46.6 cm³/mol. The Morgan fingerprint density at radius 3 is 2.70 bits per heavy atom. The van der Waals surface area contributed by atoms with Crippen LogP contribution in [-0.4, -0.2) is 7.11 Å². The quantitative estimate of drug-likeness (QED) is 0.703. The van der Waals surface area contributed by atoms with Crippen molar-refractivity contribution in [2.24, 2.45) is 0 Å². The molecule has 1 aromatic rings. The molecule has 1 aromatic carbocycles. The van der Waals surface area contributed by atoms with Crippen molar-refractivity contribution in [2.45, 2.75) is 4.90 Å². The number of methoxy groups -OCH3 is 1. The highest BCUT2D eigenvalue weighted by atomic mass is 79.9. The van der Waals surface area contributed by atoms with E-state index in [0.717, 1.165) is 15.1 Å². The summed E-state index contributed by atoms with van der Waals surface area (Å²) in [6.45, 7) is 0. The second-order valence-corrected chi connectivity index (χ2v) is 3.09. The van der Waals surface area contributed by atoms with Crippen molar-refractivity contribution in [3.63, 3.8) is 0 Å². The van der Waals surface area contributed by atoms with Gasteiger partial charge in [0.25, 0.3) is 0 Å². The molecule has 0 spiro atoms. The van der Waals surface area contributed by atoms with Gasteiger partial charge in [-0.25, -0.2) is 0 Å². The number of hydrogen-bond acceptors (Lipinski definition) is 1. The lowest BCUT2D eigenvalue weighted by atomic mass is 10.3. The molecule has 0 aliphatic rings. The zero-order valence-electron chi connectivity index (χ0n) is 5.43. The molecule has 0 heterocycles. The highest BCUT2D eigenvalue weighted by Gasteiger charge is 1.96. The van der Waals surface area contributed by atoms with Gasteiger partial charge in [0.1, 0.15) is 5.75 Å². The van der Waals surface area contributed by atoms with Gasteiger partial charge in [-0.1, -0.05) is 12.6 Å². The largest absolute Gasteiger partial charge is 0.497 e. The first-order valence-electron chi connectivity index (χ1n) is 2.74. The van der Waals surface area contributed by atoms with Crippen molar-refractivity contribution in [1.29, 1.82) is 0 Å². The van der Waals surface area contributed by atoms with Crippen LogP contribution >= 0.6 is 28.6 Å². The molecule has 0 saturated heterocycles. The summed E-state index contributed by atoms with van der Waals surface area (Å²) in [7, 11) is 1.63. The van der Waals surface area contributed by atoms with Gasteiger partial charge in [-0.3, -0.25) is 0 Å². The summed E-state index contributed by atoms with van der Waals surface area (Å²) in [6.07, 6.45) is 0. The first kappa shape index (κ1) is 7.82. The summed E-state index contributed by atoms with van der Waals surface area (Å²) in [6, 6.07) is 5.52. The summed E-state index contributed by atoms with van der Waals surface area (Å²) in [5, 5.41) is 0. The Bertz CT molecular complexity index is 237. The van der Waals surface area contributed by atoms with Gasteiger partial charge in [-0.05, 0) is 34.1 Å². The van der Waals surface area contributed by atoms with E-state index in [-0.39, 0.29) is 0 Å². The van der Waals surface area contributed by atoms with Gasteiger partial charge in [-0.2, -0.15) is 0 Å². The molecule has 3 heteroatoms. The van der Waals surface area contributed by atoms with E-state index in [0.29, 0.717) is 0 Å². The third-order valence-electron chi connectivity index (χ3n) is 1.14. The van der Waals surface area contributed by atoms with Crippen molar-refractivity contribution in [2.75, 3.05) is 7.11 Å². The topological polar surface area (TPSA) is 9.23 Å². The SMILES string of the molecule is COc1ccc([S])c(Br)c1. The van der Waals surface area contributed by atoms with E-state index in [1.165, 1.54) is 0 Å². The Morgan fingerprint density at radius 2 is 2.20 bits per heavy atom. The summed E-state index contributed by atoms with van der Waals surface area (Å²) in [4.78, 5) is 0.806. The summed E-state index contributed by atoms with van der Waals surface area (Å²) >= 11 is 8.26. The second-order valence-electron chi connectivity index (χ2n) is 1.80. The average molecular weight is 218 g/mol. The molecule has 0 aromatic heterocycles. The fourth-order valence-corrected chi connectivity index (χ4v) is 1.09. The maximum atomic E-state index is 4.97. The lowest BCUT2D eigenvalue weighted by Crippen LogP contribution is -1.81. The van der Waals surface area contributed by atoms with E-state index >= 15 is 0 Å². The van der Waals surface area contributed by atoms with Crippen molar-refractivity contribution in [3.05, 3.63) is 22.7 Å². The highest BCUT2D eigenvalue weighted by Crippen LogP contribution is 2.24. The van der Waals surface area contributed by atoms with Crippen LogP contribution in [0.5, 0.6) is 5.75 Å². The summed E-state index contributed by atoms with van der Waals surface area (Å²) in [5.41, 5.74) is 0. The van der Waals surface area contributed by atoms with E-state index in [4.69, 9.17) is 17.4 Å². The lowest BCUT2D eigenvalue weighted by Gasteiger charge is -1.99. The van der Waals surface area contributed by atoms with Crippen molar-refractivity contribution < 1.29 is 4.74 Å². The van der Waals surface area contributed by atoms with Crippen molar-refractivity contribution in [3.8, 4) is 5.75 Å². The summed E-state index contributed by atoms with van der Waals surface area (Å²) in [5.74, 6) is 0.820. The predicted octanol–water partition coefficient (Wildman–Crippen LogP) is 3.01. The minimum Gasteiger partial charge on any atom is -0.497 e. The molecule has 1 rings (SSSR count). The standard InChI is InChI=1S/C7H6BrOS/c1-9-5-2-3-7(10)6(8)4-5/h2-4H,1H3.